The van der Waals surface area contributed by atoms with Crippen LogP contribution in [0.1, 0.15) is 43.2 Å². The third-order valence-electron chi connectivity index (χ3n) is 3.85. The Balaban J connectivity index is 1.98. The van der Waals surface area contributed by atoms with Crippen LogP contribution in [0.3, 0.4) is 0 Å². The minimum Gasteiger partial charge on any atom is -0.383 e. The minimum atomic E-state index is -0.508. The van der Waals surface area contributed by atoms with Gasteiger partial charge in [-0.15, -0.1) is 0 Å². The number of nitrogens with one attached hydrogen (secondary N) is 1. The Morgan fingerprint density at radius 2 is 2.22 bits per heavy atom. The molecule has 1 aliphatic rings. The normalized spacial score (nSPS) is 18.4. The first kappa shape index (κ1) is 17.6. The van der Waals surface area contributed by atoms with Crippen LogP contribution >= 0.6 is 0 Å². The van der Waals surface area contributed by atoms with Gasteiger partial charge in [-0.05, 0) is 26.7 Å². The maximum absolute atomic E-state index is 12.5. The molecule has 2 rings (SSSR count). The summed E-state index contributed by atoms with van der Waals surface area (Å²) in [6, 6.07) is -0.508. The van der Waals surface area contributed by atoms with Crippen molar-refractivity contribution in [3.8, 4) is 0 Å². The average Bonchev–Trinajstić information content (AvgIpc) is 3.13. The Bertz CT molecular complexity index is 570. The van der Waals surface area contributed by atoms with E-state index in [1.54, 1.807) is 18.9 Å². The molecule has 1 amide bonds. The molecule has 0 radical (unpaired) electrons. The van der Waals surface area contributed by atoms with Crippen molar-refractivity contribution in [2.24, 2.45) is 0 Å². The first-order valence-corrected chi connectivity index (χ1v) is 7.72. The Morgan fingerprint density at radius 1 is 1.48 bits per heavy atom. The number of likely N-dealkylation sites (tertiary alicyclic amines) is 1. The number of carbonyl (C=O) groups is 2. The third-order valence-corrected chi connectivity index (χ3v) is 3.85. The number of Topliss-reactive ketones (excluding diaryl/α,β-unsaturated/α-hetero) is 1. The largest absolute Gasteiger partial charge is 0.383 e. The summed E-state index contributed by atoms with van der Waals surface area (Å²) < 4.78 is 9.96. The van der Waals surface area contributed by atoms with Gasteiger partial charge in [-0.3, -0.25) is 9.59 Å². The molecule has 0 bridgehead atoms. The quantitative estimate of drug-likeness (QED) is 0.732. The zero-order valence-electron chi connectivity index (χ0n) is 14.1. The molecule has 1 aromatic rings. The number of ether oxygens (including phenoxy) is 1. The number of aromatic nitrogens is 2. The number of hydrogen-bond donors (Lipinski definition) is 1. The maximum Gasteiger partial charge on any atom is 0.240 e. The topological polar surface area (TPSA) is 97.6 Å². The molecule has 1 N–H and O–H groups in total. The predicted octanol–water partition coefficient (Wildman–Crippen LogP) is 0.566. The fourth-order valence-corrected chi connectivity index (χ4v) is 2.71. The molecule has 1 saturated heterocycles. The number of hydrogen-bond acceptors (Lipinski definition) is 7. The van der Waals surface area contributed by atoms with Crippen molar-refractivity contribution in [3.63, 3.8) is 0 Å². The van der Waals surface area contributed by atoms with E-state index < -0.39 is 6.04 Å². The lowest BCUT2D eigenvalue weighted by Gasteiger charge is -2.28. The Kier molecular flexibility index (Phi) is 5.48. The Morgan fingerprint density at radius 3 is 2.83 bits per heavy atom. The van der Waals surface area contributed by atoms with E-state index in [2.05, 4.69) is 15.5 Å². The fraction of sp³-hybridized carbons (Fsp3) is 0.733. The van der Waals surface area contributed by atoms with Crippen molar-refractivity contribution in [2.45, 2.75) is 45.2 Å². The molecule has 0 aliphatic carbocycles. The summed E-state index contributed by atoms with van der Waals surface area (Å²) in [6.07, 6.45) is 1.42. The highest BCUT2D eigenvalue weighted by molar-refractivity contribution is 5.99. The molecule has 0 spiro atoms. The van der Waals surface area contributed by atoms with Crippen molar-refractivity contribution in [1.82, 2.24) is 20.4 Å². The first-order chi connectivity index (χ1) is 10.8. The monoisotopic (exact) mass is 324 g/mol. The van der Waals surface area contributed by atoms with Gasteiger partial charge in [-0.2, -0.15) is 4.98 Å². The van der Waals surface area contributed by atoms with Gasteiger partial charge in [0.25, 0.3) is 0 Å². The summed E-state index contributed by atoms with van der Waals surface area (Å²) in [4.78, 5) is 30.5. The summed E-state index contributed by atoms with van der Waals surface area (Å²) >= 11 is 0. The molecule has 8 heteroatoms. The van der Waals surface area contributed by atoms with Crippen LogP contribution in [0.5, 0.6) is 0 Å². The van der Waals surface area contributed by atoms with Gasteiger partial charge in [0.05, 0.1) is 19.2 Å². The van der Waals surface area contributed by atoms with Gasteiger partial charge >= 0.3 is 0 Å². The van der Waals surface area contributed by atoms with Gasteiger partial charge in [0, 0.05) is 26.1 Å². The van der Waals surface area contributed by atoms with Gasteiger partial charge in [-0.25, -0.2) is 0 Å². The van der Waals surface area contributed by atoms with E-state index in [1.165, 1.54) is 0 Å². The molecule has 128 valence electrons. The van der Waals surface area contributed by atoms with Gasteiger partial charge in [-0.1, -0.05) is 5.16 Å². The number of aryl methyl sites for hydroxylation is 1. The number of carbonyl (C=O) groups excluding carboxylic acids is 2. The van der Waals surface area contributed by atoms with Crippen LogP contribution in [-0.2, 0) is 9.53 Å². The SMILES string of the molecule is COCC(C)(C)NCC(=O)N1CCCC1C(=O)c1noc(C)n1. The highest BCUT2D eigenvalue weighted by Gasteiger charge is 2.36. The van der Waals surface area contributed by atoms with Crippen LogP contribution in [-0.4, -0.2) is 65.1 Å². The van der Waals surface area contributed by atoms with Gasteiger partial charge in [0.2, 0.25) is 23.4 Å². The summed E-state index contributed by atoms with van der Waals surface area (Å²) in [5.41, 5.74) is -0.311. The molecule has 0 aromatic carbocycles. The van der Waals surface area contributed by atoms with Gasteiger partial charge < -0.3 is 19.5 Å². The third kappa shape index (κ3) is 4.35. The van der Waals surface area contributed by atoms with Crippen molar-refractivity contribution in [1.29, 1.82) is 0 Å². The van der Waals surface area contributed by atoms with E-state index in [9.17, 15) is 9.59 Å². The molecule has 1 fully saturated rings. The van der Waals surface area contributed by atoms with Crippen molar-refractivity contribution in [2.75, 3.05) is 26.8 Å². The van der Waals surface area contributed by atoms with E-state index in [0.717, 1.165) is 6.42 Å². The van der Waals surface area contributed by atoms with Crippen molar-refractivity contribution < 1.29 is 18.8 Å². The number of nitrogens with zero attached hydrogens (tertiary/aromatic N) is 3. The molecule has 0 saturated carbocycles. The van der Waals surface area contributed by atoms with E-state index in [1.807, 2.05) is 13.8 Å². The second kappa shape index (κ2) is 7.18. The zero-order valence-corrected chi connectivity index (χ0v) is 14.1. The highest BCUT2D eigenvalue weighted by atomic mass is 16.5. The lowest BCUT2D eigenvalue weighted by Crippen LogP contribution is -2.50. The van der Waals surface area contributed by atoms with Crippen LogP contribution in [0.2, 0.25) is 0 Å². The summed E-state index contributed by atoms with van der Waals surface area (Å²) in [5, 5.41) is 6.82. The lowest BCUT2D eigenvalue weighted by atomic mass is 10.1. The molecule has 1 aliphatic heterocycles. The van der Waals surface area contributed by atoms with Crippen LogP contribution in [0.4, 0.5) is 0 Å². The number of rotatable bonds is 7. The van der Waals surface area contributed by atoms with E-state index >= 15 is 0 Å². The number of methoxy groups -OCH3 is 1. The second-order valence-electron chi connectivity index (χ2n) is 6.42. The molecule has 1 aromatic heterocycles. The maximum atomic E-state index is 12.5. The molecule has 8 nitrogen and oxygen atoms in total. The standard InChI is InChI=1S/C15H24N4O4/c1-10-17-14(18-23-10)13(21)11-6-5-7-19(11)12(20)8-16-15(2,3)9-22-4/h11,16H,5-9H2,1-4H3. The smallest absolute Gasteiger partial charge is 0.240 e. The van der Waals surface area contributed by atoms with Gasteiger partial charge in [0.15, 0.2) is 0 Å². The summed E-state index contributed by atoms with van der Waals surface area (Å²) in [7, 11) is 1.62. The van der Waals surface area contributed by atoms with Crippen molar-refractivity contribution >= 4 is 11.7 Å². The van der Waals surface area contributed by atoms with E-state index in [0.29, 0.717) is 25.5 Å². The molecule has 23 heavy (non-hydrogen) atoms. The second-order valence-corrected chi connectivity index (χ2v) is 6.42. The Labute approximate surface area is 135 Å². The summed E-state index contributed by atoms with van der Waals surface area (Å²) in [5.74, 6) is 0.0150. The summed E-state index contributed by atoms with van der Waals surface area (Å²) in [6.45, 7) is 6.76. The zero-order chi connectivity index (χ0) is 17.0. The predicted molar refractivity (Wildman–Crippen MR) is 82.1 cm³/mol. The van der Waals surface area contributed by atoms with Crippen LogP contribution in [0.25, 0.3) is 0 Å². The van der Waals surface area contributed by atoms with Gasteiger partial charge in [0.1, 0.15) is 0 Å². The minimum absolute atomic E-state index is 0.0415. The van der Waals surface area contributed by atoms with Crippen LogP contribution < -0.4 is 5.32 Å². The van der Waals surface area contributed by atoms with Crippen LogP contribution in [0.15, 0.2) is 4.52 Å². The lowest BCUT2D eigenvalue weighted by molar-refractivity contribution is -0.130. The fourth-order valence-electron chi connectivity index (χ4n) is 2.71. The molecular weight excluding hydrogens is 300 g/mol. The average molecular weight is 324 g/mol. The highest BCUT2D eigenvalue weighted by Crippen LogP contribution is 2.20. The molecular formula is C15H24N4O4. The van der Waals surface area contributed by atoms with Crippen molar-refractivity contribution in [3.05, 3.63) is 11.7 Å². The first-order valence-electron chi connectivity index (χ1n) is 7.72. The number of ketones is 1. The molecule has 1 atom stereocenters. The van der Waals surface area contributed by atoms with E-state index in [-0.39, 0.29) is 29.6 Å². The van der Waals surface area contributed by atoms with Crippen LogP contribution in [0, 0.1) is 6.92 Å². The number of amides is 1. The molecule has 2 heterocycles. The molecule has 1 unspecified atom stereocenters. The Hall–Kier alpha value is -1.80. The van der Waals surface area contributed by atoms with E-state index in [4.69, 9.17) is 9.26 Å².